The molecule has 78 valence electrons. The van der Waals surface area contributed by atoms with Crippen molar-refractivity contribution in [2.24, 2.45) is 5.73 Å². The lowest BCUT2D eigenvalue weighted by molar-refractivity contribution is 0.463. The summed E-state index contributed by atoms with van der Waals surface area (Å²) in [5, 5.41) is 0.750. The van der Waals surface area contributed by atoms with Crippen molar-refractivity contribution in [1.82, 2.24) is 0 Å². The van der Waals surface area contributed by atoms with E-state index in [4.69, 9.17) is 5.73 Å². The minimum absolute atomic E-state index is 0.469. The van der Waals surface area contributed by atoms with Gasteiger partial charge in [-0.2, -0.15) is 11.8 Å². The number of hydrogen-bond acceptors (Lipinski definition) is 2. The van der Waals surface area contributed by atoms with Crippen LogP contribution in [-0.4, -0.2) is 17.0 Å². The van der Waals surface area contributed by atoms with Crippen molar-refractivity contribution < 1.29 is 0 Å². The number of thioether (sulfide) groups is 1. The van der Waals surface area contributed by atoms with Crippen LogP contribution in [0.1, 0.15) is 51.9 Å². The third-order valence-electron chi connectivity index (χ3n) is 2.79. The van der Waals surface area contributed by atoms with Crippen molar-refractivity contribution in [2.45, 2.75) is 63.2 Å². The van der Waals surface area contributed by atoms with E-state index in [-0.39, 0.29) is 0 Å². The quantitative estimate of drug-likeness (QED) is 0.759. The molecule has 2 unspecified atom stereocenters. The molecule has 13 heavy (non-hydrogen) atoms. The van der Waals surface area contributed by atoms with Crippen molar-refractivity contribution in [3.63, 3.8) is 0 Å². The first-order valence-electron chi connectivity index (χ1n) is 5.71. The molecule has 1 nitrogen and oxygen atoms in total. The lowest BCUT2D eigenvalue weighted by Crippen LogP contribution is -2.33. The summed E-state index contributed by atoms with van der Waals surface area (Å²) in [6, 6.07) is 0.469. The molecule has 0 saturated heterocycles. The second kappa shape index (κ2) is 6.72. The van der Waals surface area contributed by atoms with Crippen LogP contribution >= 0.6 is 11.8 Å². The Morgan fingerprint density at radius 1 is 1.15 bits per heavy atom. The van der Waals surface area contributed by atoms with E-state index >= 15 is 0 Å². The molecule has 1 rings (SSSR count). The van der Waals surface area contributed by atoms with Crippen LogP contribution in [0.15, 0.2) is 0 Å². The summed E-state index contributed by atoms with van der Waals surface area (Å²) in [6.07, 6.45) is 9.47. The average Bonchev–Trinajstić information content (AvgIpc) is 2.11. The molecule has 0 amide bonds. The van der Waals surface area contributed by atoms with Crippen LogP contribution in [0.5, 0.6) is 0 Å². The summed E-state index contributed by atoms with van der Waals surface area (Å²) in [4.78, 5) is 0. The first kappa shape index (κ1) is 11.4. The Bertz CT molecular complexity index is 125. The van der Waals surface area contributed by atoms with E-state index in [0.717, 1.165) is 5.25 Å². The molecular weight excluding hydrogens is 178 g/mol. The van der Waals surface area contributed by atoms with Gasteiger partial charge >= 0.3 is 0 Å². The van der Waals surface area contributed by atoms with Gasteiger partial charge in [-0.25, -0.2) is 0 Å². The maximum Gasteiger partial charge on any atom is 0.0198 e. The highest BCUT2D eigenvalue weighted by atomic mass is 32.2. The summed E-state index contributed by atoms with van der Waals surface area (Å²) in [6.45, 7) is 2.25. The Morgan fingerprint density at radius 2 is 1.85 bits per heavy atom. The molecule has 0 bridgehead atoms. The molecule has 1 aliphatic rings. The van der Waals surface area contributed by atoms with E-state index in [9.17, 15) is 0 Å². The molecule has 0 aromatic heterocycles. The Kier molecular flexibility index (Phi) is 5.88. The Labute approximate surface area is 86.8 Å². The molecule has 2 atom stereocenters. The van der Waals surface area contributed by atoms with Crippen molar-refractivity contribution in [3.8, 4) is 0 Å². The SMILES string of the molecule is CCCSC1CCCCCCC1N. The summed E-state index contributed by atoms with van der Waals surface area (Å²) in [7, 11) is 0. The molecule has 0 heterocycles. The van der Waals surface area contributed by atoms with Gasteiger partial charge in [0.15, 0.2) is 0 Å². The van der Waals surface area contributed by atoms with E-state index in [2.05, 4.69) is 18.7 Å². The monoisotopic (exact) mass is 201 g/mol. The summed E-state index contributed by atoms with van der Waals surface area (Å²) in [5.41, 5.74) is 6.17. The molecule has 0 aromatic carbocycles. The van der Waals surface area contributed by atoms with Gasteiger partial charge in [0, 0.05) is 11.3 Å². The summed E-state index contributed by atoms with van der Waals surface area (Å²) < 4.78 is 0. The lowest BCUT2D eigenvalue weighted by Gasteiger charge is -2.25. The summed E-state index contributed by atoms with van der Waals surface area (Å²) >= 11 is 2.10. The molecule has 1 saturated carbocycles. The van der Waals surface area contributed by atoms with Crippen LogP contribution in [0.4, 0.5) is 0 Å². The number of rotatable bonds is 3. The largest absolute Gasteiger partial charge is 0.327 e. The van der Waals surface area contributed by atoms with E-state index in [1.807, 2.05) is 0 Å². The molecule has 0 aromatic rings. The Morgan fingerprint density at radius 3 is 2.54 bits per heavy atom. The van der Waals surface area contributed by atoms with Crippen molar-refractivity contribution in [3.05, 3.63) is 0 Å². The van der Waals surface area contributed by atoms with E-state index in [1.54, 1.807) is 0 Å². The number of nitrogens with two attached hydrogens (primary N) is 1. The van der Waals surface area contributed by atoms with Gasteiger partial charge in [-0.1, -0.05) is 32.6 Å². The lowest BCUT2D eigenvalue weighted by atomic mass is 9.97. The van der Waals surface area contributed by atoms with Crippen LogP contribution in [0.25, 0.3) is 0 Å². The highest BCUT2D eigenvalue weighted by Gasteiger charge is 2.18. The Hall–Kier alpha value is 0.310. The van der Waals surface area contributed by atoms with Crippen LogP contribution in [0.3, 0.4) is 0 Å². The second-order valence-corrected chi connectivity index (χ2v) is 5.41. The first-order valence-corrected chi connectivity index (χ1v) is 6.76. The van der Waals surface area contributed by atoms with Gasteiger partial charge in [-0.15, -0.1) is 0 Å². The van der Waals surface area contributed by atoms with Gasteiger partial charge in [0.2, 0.25) is 0 Å². The molecule has 1 fully saturated rings. The van der Waals surface area contributed by atoms with Gasteiger partial charge in [-0.3, -0.25) is 0 Å². The highest BCUT2D eigenvalue weighted by Crippen LogP contribution is 2.26. The maximum absolute atomic E-state index is 6.17. The van der Waals surface area contributed by atoms with Crippen LogP contribution in [0, 0.1) is 0 Å². The average molecular weight is 201 g/mol. The van der Waals surface area contributed by atoms with Gasteiger partial charge in [0.05, 0.1) is 0 Å². The fourth-order valence-corrected chi connectivity index (χ4v) is 3.21. The molecule has 0 radical (unpaired) electrons. The minimum atomic E-state index is 0.469. The van der Waals surface area contributed by atoms with Crippen LogP contribution in [-0.2, 0) is 0 Å². The van der Waals surface area contributed by atoms with Crippen molar-refractivity contribution in [1.29, 1.82) is 0 Å². The van der Waals surface area contributed by atoms with E-state index in [0.29, 0.717) is 6.04 Å². The number of hydrogen-bond donors (Lipinski definition) is 1. The smallest absolute Gasteiger partial charge is 0.0198 e. The molecule has 2 heteroatoms. The van der Waals surface area contributed by atoms with E-state index in [1.165, 1.54) is 50.7 Å². The zero-order valence-electron chi connectivity index (χ0n) is 8.80. The molecule has 2 N–H and O–H groups in total. The molecule has 0 aliphatic heterocycles. The molecule has 0 spiro atoms. The maximum atomic E-state index is 6.17. The Balaban J connectivity index is 2.28. The predicted molar refractivity (Wildman–Crippen MR) is 62.2 cm³/mol. The fourth-order valence-electron chi connectivity index (χ4n) is 1.96. The first-order chi connectivity index (χ1) is 6.34. The standard InChI is InChI=1S/C11H23NS/c1-2-9-13-11-8-6-4-3-5-7-10(11)12/h10-11H,2-9,12H2,1H3. The van der Waals surface area contributed by atoms with Crippen molar-refractivity contribution >= 4 is 11.8 Å². The normalized spacial score (nSPS) is 30.9. The molecule has 1 aliphatic carbocycles. The van der Waals surface area contributed by atoms with Crippen molar-refractivity contribution in [2.75, 3.05) is 5.75 Å². The fraction of sp³-hybridized carbons (Fsp3) is 1.00. The van der Waals surface area contributed by atoms with Gasteiger partial charge in [0.1, 0.15) is 0 Å². The topological polar surface area (TPSA) is 26.0 Å². The summed E-state index contributed by atoms with van der Waals surface area (Å²) in [5.74, 6) is 1.29. The zero-order valence-corrected chi connectivity index (χ0v) is 9.61. The van der Waals surface area contributed by atoms with Gasteiger partial charge in [0.25, 0.3) is 0 Å². The van der Waals surface area contributed by atoms with E-state index < -0.39 is 0 Å². The van der Waals surface area contributed by atoms with Crippen LogP contribution in [0.2, 0.25) is 0 Å². The third kappa shape index (κ3) is 4.37. The van der Waals surface area contributed by atoms with Gasteiger partial charge in [-0.05, 0) is 25.0 Å². The molecular formula is C11H23NS. The minimum Gasteiger partial charge on any atom is -0.327 e. The third-order valence-corrected chi connectivity index (χ3v) is 4.45. The second-order valence-electron chi connectivity index (χ2n) is 4.06. The van der Waals surface area contributed by atoms with Crippen LogP contribution < -0.4 is 5.73 Å². The predicted octanol–water partition coefficient (Wildman–Crippen LogP) is 3.18. The zero-order chi connectivity index (χ0) is 9.52. The highest BCUT2D eigenvalue weighted by molar-refractivity contribution is 7.99. The van der Waals surface area contributed by atoms with Gasteiger partial charge < -0.3 is 5.73 Å².